The zero-order valence-corrected chi connectivity index (χ0v) is 20.8. The lowest BCUT2D eigenvalue weighted by Crippen LogP contribution is -2.58. The third-order valence-electron chi connectivity index (χ3n) is 6.84. The Hall–Kier alpha value is -4.13. The van der Waals surface area contributed by atoms with E-state index in [4.69, 9.17) is 4.65 Å². The van der Waals surface area contributed by atoms with Crippen LogP contribution in [0, 0.1) is 12.7 Å². The SMILES string of the molecule is CCN1CCN(C(=O)NC(C(=O)C[C@H]2Cc3cccc(C)c3OB2O)c2ccc(O)c(O)c2F)C(=O)C1=O. The average Bonchev–Trinajstić information content (AvgIpc) is 2.89. The highest BCUT2D eigenvalue weighted by molar-refractivity contribution is 6.46. The second kappa shape index (κ2) is 10.7. The number of aromatic hydroxyl groups is 2. The molecule has 4 rings (SSSR count). The molecule has 1 saturated heterocycles. The van der Waals surface area contributed by atoms with Crippen LogP contribution >= 0.6 is 0 Å². The standard InChI is InChI=1S/C25H27BFN3O8/c1-3-29-9-10-30(24(35)23(29)34)25(36)28-20(16-7-8-17(31)21(33)19(16)27)18(32)12-15-11-14-6-4-5-13(2)22(14)38-26(15)37/h4-8,15,20,31,33,37H,3,9-12H2,1-2H3,(H,28,36)/t15-,20?/m1/s1. The Morgan fingerprint density at radius 3 is 2.63 bits per heavy atom. The fraction of sp³-hybridized carbons (Fsp3) is 0.360. The minimum absolute atomic E-state index is 0.0892. The van der Waals surface area contributed by atoms with E-state index in [1.165, 1.54) is 4.90 Å². The van der Waals surface area contributed by atoms with Gasteiger partial charge in [-0.2, -0.15) is 0 Å². The summed E-state index contributed by atoms with van der Waals surface area (Å²) >= 11 is 0. The van der Waals surface area contributed by atoms with E-state index in [1.807, 2.05) is 19.1 Å². The largest absolute Gasteiger partial charge is 0.536 e. The Morgan fingerprint density at radius 2 is 1.92 bits per heavy atom. The number of urea groups is 1. The molecule has 1 fully saturated rings. The number of ketones is 1. The highest BCUT2D eigenvalue weighted by Gasteiger charge is 2.41. The molecule has 1 unspecified atom stereocenters. The maximum Gasteiger partial charge on any atom is 0.526 e. The molecule has 0 aliphatic carbocycles. The molecule has 0 saturated carbocycles. The lowest BCUT2D eigenvalue weighted by atomic mass is 9.64. The molecule has 200 valence electrons. The van der Waals surface area contributed by atoms with Crippen molar-refractivity contribution in [3.63, 3.8) is 0 Å². The maximum absolute atomic E-state index is 15.0. The smallest absolute Gasteiger partial charge is 0.526 e. The van der Waals surface area contributed by atoms with Crippen LogP contribution < -0.4 is 9.97 Å². The van der Waals surface area contributed by atoms with Gasteiger partial charge in [-0.3, -0.25) is 19.3 Å². The molecular formula is C25H27BFN3O8. The van der Waals surface area contributed by atoms with Crippen molar-refractivity contribution < 1.29 is 43.5 Å². The number of nitrogens with one attached hydrogen (secondary N) is 1. The molecule has 0 radical (unpaired) electrons. The first-order chi connectivity index (χ1) is 18.0. The van der Waals surface area contributed by atoms with Crippen LogP contribution in [-0.4, -0.2) is 75.4 Å². The lowest BCUT2D eigenvalue weighted by Gasteiger charge is -2.33. The van der Waals surface area contributed by atoms with Crippen LogP contribution in [0.1, 0.15) is 36.1 Å². The molecule has 2 heterocycles. The molecule has 38 heavy (non-hydrogen) atoms. The van der Waals surface area contributed by atoms with Gasteiger partial charge in [0, 0.05) is 37.4 Å². The average molecular weight is 527 g/mol. The third kappa shape index (κ3) is 5.01. The molecule has 2 aliphatic heterocycles. The van der Waals surface area contributed by atoms with Crippen molar-refractivity contribution in [2.24, 2.45) is 0 Å². The second-order valence-electron chi connectivity index (χ2n) is 9.27. The summed E-state index contributed by atoms with van der Waals surface area (Å²) in [4.78, 5) is 53.1. The van der Waals surface area contributed by atoms with Crippen LogP contribution in [0.3, 0.4) is 0 Å². The number of rotatable bonds is 6. The van der Waals surface area contributed by atoms with E-state index in [0.29, 0.717) is 10.6 Å². The van der Waals surface area contributed by atoms with Crippen LogP contribution in [0.15, 0.2) is 30.3 Å². The van der Waals surface area contributed by atoms with Crippen LogP contribution in [0.25, 0.3) is 0 Å². The summed E-state index contributed by atoms with van der Waals surface area (Å²) in [5.41, 5.74) is 1.10. The number of hydrogen-bond acceptors (Lipinski definition) is 8. The first-order valence-corrected chi connectivity index (χ1v) is 12.1. The van der Waals surface area contributed by atoms with E-state index in [9.17, 15) is 38.8 Å². The molecule has 13 heteroatoms. The third-order valence-corrected chi connectivity index (χ3v) is 6.84. The number of carbonyl (C=O) groups is 4. The number of phenolic OH excluding ortho intramolecular Hbond substituents is 2. The van der Waals surface area contributed by atoms with Gasteiger partial charge in [0.15, 0.2) is 23.1 Å². The molecular weight excluding hydrogens is 500 g/mol. The predicted octanol–water partition coefficient (Wildman–Crippen LogP) is 1.43. The number of hydrogen-bond donors (Lipinski definition) is 4. The number of fused-ring (bicyclic) bond motifs is 1. The molecule has 2 aliphatic rings. The molecule has 0 aromatic heterocycles. The minimum Gasteiger partial charge on any atom is -0.536 e. The van der Waals surface area contributed by atoms with E-state index >= 15 is 0 Å². The number of amides is 4. The summed E-state index contributed by atoms with van der Waals surface area (Å²) in [5.74, 6) is -6.22. The summed E-state index contributed by atoms with van der Waals surface area (Å²) in [5, 5.41) is 32.4. The number of aryl methyl sites for hydroxylation is 1. The van der Waals surface area contributed by atoms with E-state index in [1.54, 1.807) is 13.0 Å². The maximum atomic E-state index is 15.0. The zero-order chi connectivity index (χ0) is 27.7. The van der Waals surface area contributed by atoms with Crippen LogP contribution in [-0.2, 0) is 20.8 Å². The highest BCUT2D eigenvalue weighted by atomic mass is 19.1. The second-order valence-corrected chi connectivity index (χ2v) is 9.27. The van der Waals surface area contributed by atoms with Gasteiger partial charge in [0.1, 0.15) is 11.8 Å². The van der Waals surface area contributed by atoms with Gasteiger partial charge >= 0.3 is 25.0 Å². The number of benzene rings is 2. The quantitative estimate of drug-likeness (QED) is 0.250. The van der Waals surface area contributed by atoms with Gasteiger partial charge < -0.3 is 30.1 Å². The van der Waals surface area contributed by atoms with Gasteiger partial charge in [-0.1, -0.05) is 18.2 Å². The fourth-order valence-electron chi connectivity index (χ4n) is 4.69. The van der Waals surface area contributed by atoms with Crippen molar-refractivity contribution >= 4 is 30.7 Å². The Bertz CT molecular complexity index is 1310. The number of Topliss-reactive ketones (excluding diaryl/α,β-unsaturated/α-hetero) is 1. The van der Waals surface area contributed by atoms with Crippen molar-refractivity contribution in [3.05, 3.63) is 52.8 Å². The van der Waals surface area contributed by atoms with Gasteiger partial charge in [0.05, 0.1) is 0 Å². The number of carbonyl (C=O) groups excluding carboxylic acids is 4. The number of halogens is 1. The first kappa shape index (κ1) is 26.9. The summed E-state index contributed by atoms with van der Waals surface area (Å²) in [6, 6.07) is 4.56. The van der Waals surface area contributed by atoms with Gasteiger partial charge in [-0.25, -0.2) is 9.18 Å². The number of phenols is 2. The summed E-state index contributed by atoms with van der Waals surface area (Å²) in [6.45, 7) is 3.72. The Balaban J connectivity index is 1.60. The monoisotopic (exact) mass is 527 g/mol. The van der Waals surface area contributed by atoms with Gasteiger partial charge in [0.25, 0.3) is 0 Å². The molecule has 2 aromatic carbocycles. The summed E-state index contributed by atoms with van der Waals surface area (Å²) in [7, 11) is -1.36. The fourth-order valence-corrected chi connectivity index (χ4v) is 4.69. The van der Waals surface area contributed by atoms with Gasteiger partial charge in [0.2, 0.25) is 0 Å². The number of piperazine rings is 1. The molecule has 2 aromatic rings. The normalized spacial score (nSPS) is 18.1. The van der Waals surface area contributed by atoms with Crippen LogP contribution in [0.5, 0.6) is 17.2 Å². The van der Waals surface area contributed by atoms with Gasteiger partial charge in [-0.15, -0.1) is 0 Å². The Labute approximate surface area is 217 Å². The van der Waals surface area contributed by atoms with Crippen molar-refractivity contribution in [2.45, 2.75) is 38.5 Å². The zero-order valence-electron chi connectivity index (χ0n) is 20.8. The van der Waals surface area contributed by atoms with E-state index < -0.39 is 65.5 Å². The molecule has 0 bridgehead atoms. The molecule has 11 nitrogen and oxygen atoms in total. The molecule has 2 atom stereocenters. The number of imide groups is 1. The van der Waals surface area contributed by atoms with Crippen molar-refractivity contribution in [2.75, 3.05) is 19.6 Å². The lowest BCUT2D eigenvalue weighted by molar-refractivity contribution is -0.153. The highest BCUT2D eigenvalue weighted by Crippen LogP contribution is 2.38. The number of nitrogens with zero attached hydrogens (tertiary/aromatic N) is 2. The minimum atomic E-state index is -1.72. The summed E-state index contributed by atoms with van der Waals surface area (Å²) < 4.78 is 20.6. The predicted molar refractivity (Wildman–Crippen MR) is 132 cm³/mol. The van der Waals surface area contributed by atoms with E-state index in [0.717, 1.165) is 23.3 Å². The Morgan fingerprint density at radius 1 is 1.18 bits per heavy atom. The van der Waals surface area contributed by atoms with Crippen LogP contribution in [0.2, 0.25) is 5.82 Å². The molecule has 4 N–H and O–H groups in total. The van der Waals surface area contributed by atoms with Crippen molar-refractivity contribution in [1.29, 1.82) is 0 Å². The Kier molecular flexibility index (Phi) is 7.58. The first-order valence-electron chi connectivity index (χ1n) is 12.1. The van der Waals surface area contributed by atoms with Crippen LogP contribution in [0.4, 0.5) is 9.18 Å². The molecule has 0 spiro atoms. The number of likely N-dealkylation sites (N-methyl/N-ethyl adjacent to an activating group) is 1. The molecule has 4 amide bonds. The van der Waals surface area contributed by atoms with Gasteiger partial charge in [-0.05, 0) is 43.5 Å². The topological polar surface area (TPSA) is 157 Å². The van der Waals surface area contributed by atoms with E-state index in [2.05, 4.69) is 5.32 Å². The summed E-state index contributed by atoms with van der Waals surface area (Å²) in [6.07, 6.45) is -0.100. The van der Waals surface area contributed by atoms with E-state index in [-0.39, 0.29) is 32.5 Å². The van der Waals surface area contributed by atoms with Crippen molar-refractivity contribution in [1.82, 2.24) is 15.1 Å². The number of para-hydroxylation sites is 1. The van der Waals surface area contributed by atoms with Crippen molar-refractivity contribution in [3.8, 4) is 17.2 Å².